The summed E-state index contributed by atoms with van der Waals surface area (Å²) in [6.07, 6.45) is 0.513. The number of ketones is 1. The molecule has 0 spiro atoms. The van der Waals surface area contributed by atoms with Gasteiger partial charge in [-0.15, -0.1) is 0 Å². The fourth-order valence-corrected chi connectivity index (χ4v) is 6.24. The summed E-state index contributed by atoms with van der Waals surface area (Å²) in [5.41, 5.74) is 1.25. The summed E-state index contributed by atoms with van der Waals surface area (Å²) in [6.45, 7) is 3.26. The molecule has 0 saturated heterocycles. The van der Waals surface area contributed by atoms with Gasteiger partial charge in [0.05, 0.1) is 50.6 Å². The first-order valence-electron chi connectivity index (χ1n) is 11.7. The Morgan fingerprint density at radius 3 is 2.45 bits per heavy atom. The third-order valence-electron chi connectivity index (χ3n) is 5.77. The number of pyridine rings is 1. The van der Waals surface area contributed by atoms with Crippen molar-refractivity contribution in [2.75, 3.05) is 10.8 Å². The van der Waals surface area contributed by atoms with Crippen LogP contribution in [0.25, 0.3) is 0 Å². The van der Waals surface area contributed by atoms with Crippen LogP contribution in [0.3, 0.4) is 0 Å². The molecule has 8 nitrogen and oxygen atoms in total. The maximum atomic E-state index is 13.6. The van der Waals surface area contributed by atoms with E-state index in [9.17, 15) is 22.4 Å². The minimum absolute atomic E-state index is 0.128. The molecule has 1 amide bonds. The lowest BCUT2D eigenvalue weighted by Gasteiger charge is -2.35. The average molecular weight is 580 g/mol. The number of halogens is 3. The molecule has 4 rings (SSSR count). The van der Waals surface area contributed by atoms with E-state index in [0.717, 1.165) is 28.6 Å². The van der Waals surface area contributed by atoms with Gasteiger partial charge in [-0.05, 0) is 61.9 Å². The van der Waals surface area contributed by atoms with Crippen LogP contribution in [0.1, 0.15) is 35.5 Å². The van der Waals surface area contributed by atoms with Gasteiger partial charge in [-0.25, -0.2) is 17.6 Å². The topological polar surface area (TPSA) is 106 Å². The number of fused-ring (bicyclic) bond motifs is 1. The van der Waals surface area contributed by atoms with E-state index in [4.69, 9.17) is 27.9 Å². The zero-order chi connectivity index (χ0) is 27.6. The summed E-state index contributed by atoms with van der Waals surface area (Å²) in [7, 11) is -4.19. The Hall–Kier alpha value is -3.21. The van der Waals surface area contributed by atoms with Crippen LogP contribution < -0.4 is 9.62 Å². The Morgan fingerprint density at radius 1 is 1.16 bits per heavy atom. The quantitative estimate of drug-likeness (QED) is 0.385. The molecule has 0 saturated carbocycles. The lowest BCUT2D eigenvalue weighted by molar-refractivity contribution is 0.0992. The van der Waals surface area contributed by atoms with Gasteiger partial charge in [-0.2, -0.15) is 0 Å². The van der Waals surface area contributed by atoms with Crippen LogP contribution in [0, 0.1) is 5.82 Å². The van der Waals surface area contributed by atoms with Crippen molar-refractivity contribution in [1.29, 1.82) is 0 Å². The van der Waals surface area contributed by atoms with Crippen molar-refractivity contribution in [1.82, 2.24) is 10.3 Å². The number of sulfonamides is 1. The highest BCUT2D eigenvalue weighted by Gasteiger charge is 2.35. The number of hydrogen-bond donors (Lipinski definition) is 1. The van der Waals surface area contributed by atoms with E-state index in [2.05, 4.69) is 10.3 Å². The molecule has 1 N–H and O–H groups in total. The predicted molar refractivity (Wildman–Crippen MR) is 142 cm³/mol. The second kappa shape index (κ2) is 11.3. The number of ether oxygens (including phenoxy) is 1. The molecule has 1 aromatic heterocycles. The Bertz CT molecular complexity index is 1460. The van der Waals surface area contributed by atoms with Crippen LogP contribution in [-0.4, -0.2) is 44.0 Å². The maximum Gasteiger partial charge on any atom is 0.407 e. The Kier molecular flexibility index (Phi) is 8.25. The zero-order valence-corrected chi connectivity index (χ0v) is 22.8. The highest BCUT2D eigenvalue weighted by molar-refractivity contribution is 7.92. The Labute approximate surface area is 229 Å². The number of Topliss-reactive ketones (excluding diaryl/α,β-unsaturated/α-hetero) is 1. The van der Waals surface area contributed by atoms with Crippen molar-refractivity contribution in [2.24, 2.45) is 0 Å². The molecule has 0 bridgehead atoms. The van der Waals surface area contributed by atoms with E-state index in [1.54, 1.807) is 38.1 Å². The van der Waals surface area contributed by atoms with Crippen LogP contribution in [-0.2, 0) is 27.6 Å². The number of nitrogens with zero attached hydrogens (tertiary/aromatic N) is 2. The van der Waals surface area contributed by atoms with Gasteiger partial charge in [-0.1, -0.05) is 29.3 Å². The molecule has 1 atom stereocenters. The maximum absolute atomic E-state index is 13.6. The number of carbonyl (C=O) groups is 2. The Morgan fingerprint density at radius 2 is 1.82 bits per heavy atom. The van der Waals surface area contributed by atoms with E-state index < -0.39 is 28.0 Å². The molecule has 1 aliphatic heterocycles. The van der Waals surface area contributed by atoms with Crippen molar-refractivity contribution < 1.29 is 27.1 Å². The molecule has 2 heterocycles. The van der Waals surface area contributed by atoms with Gasteiger partial charge < -0.3 is 10.1 Å². The van der Waals surface area contributed by atoms with E-state index in [-0.39, 0.29) is 57.5 Å². The summed E-state index contributed by atoms with van der Waals surface area (Å²) in [6, 6.07) is 10.1. The molecule has 0 radical (unpaired) electrons. The number of rotatable bonds is 7. The van der Waals surface area contributed by atoms with E-state index in [1.807, 2.05) is 0 Å². The SMILES string of the molecule is CC(C)OC(=O)N[C@@H]1Cc2ncc(CC(=O)c3c(Cl)cccc3Cl)cc2N(S(=O)(=O)c2ccc(F)cc2)C1. The number of anilines is 1. The molecule has 1 aliphatic rings. The van der Waals surface area contributed by atoms with Gasteiger partial charge >= 0.3 is 6.09 Å². The largest absolute Gasteiger partial charge is 0.447 e. The smallest absolute Gasteiger partial charge is 0.407 e. The van der Waals surface area contributed by atoms with E-state index >= 15 is 0 Å². The van der Waals surface area contributed by atoms with Crippen molar-refractivity contribution in [3.05, 3.63) is 87.4 Å². The van der Waals surface area contributed by atoms with Gasteiger partial charge in [0.2, 0.25) is 0 Å². The van der Waals surface area contributed by atoms with Gasteiger partial charge in [0.25, 0.3) is 10.0 Å². The highest BCUT2D eigenvalue weighted by Crippen LogP contribution is 2.33. The van der Waals surface area contributed by atoms with Crippen LogP contribution >= 0.6 is 23.2 Å². The number of amides is 1. The second-order valence-corrected chi connectivity index (χ2v) is 11.7. The third-order valence-corrected chi connectivity index (χ3v) is 8.20. The average Bonchev–Trinajstić information content (AvgIpc) is 2.83. The third kappa shape index (κ3) is 6.09. The number of benzene rings is 2. The predicted octanol–water partition coefficient (Wildman–Crippen LogP) is 5.21. The first kappa shape index (κ1) is 27.8. The van der Waals surface area contributed by atoms with E-state index in [0.29, 0.717) is 11.3 Å². The van der Waals surface area contributed by atoms with Crippen LogP contribution in [0.5, 0.6) is 0 Å². The lowest BCUT2D eigenvalue weighted by atomic mass is 10.0. The molecular weight excluding hydrogens is 556 g/mol. The van der Waals surface area contributed by atoms with Gasteiger partial charge in [0, 0.05) is 19.0 Å². The first-order chi connectivity index (χ1) is 18.0. The minimum Gasteiger partial charge on any atom is -0.447 e. The molecule has 2 aromatic carbocycles. The normalized spacial score (nSPS) is 15.2. The summed E-state index contributed by atoms with van der Waals surface area (Å²) in [5, 5.41) is 3.09. The minimum atomic E-state index is -4.19. The fourth-order valence-electron chi connectivity index (χ4n) is 4.10. The summed E-state index contributed by atoms with van der Waals surface area (Å²) < 4.78 is 47.0. The number of carbonyl (C=O) groups excluding carboxylic acids is 2. The van der Waals surface area contributed by atoms with Crippen molar-refractivity contribution >= 4 is 50.8 Å². The number of hydrogen-bond acceptors (Lipinski definition) is 6. The molecular formula is C26H24Cl2FN3O5S. The molecule has 0 unspecified atom stereocenters. The summed E-state index contributed by atoms with van der Waals surface area (Å²) >= 11 is 12.4. The standard InChI is InChI=1S/C26H24Cl2FN3O5S/c1-15(2)37-26(34)31-18-12-22-23(32(14-18)38(35,36)19-8-6-17(29)7-9-19)10-16(13-30-22)11-24(33)25-20(27)4-3-5-21(25)28/h3-10,13,15,18H,11-12,14H2,1-2H3,(H,31,34)/t18-/m1/s1. The zero-order valence-electron chi connectivity index (χ0n) is 20.4. The van der Waals surface area contributed by atoms with Gasteiger partial charge in [0.15, 0.2) is 5.78 Å². The highest BCUT2D eigenvalue weighted by atomic mass is 35.5. The van der Waals surface area contributed by atoms with E-state index in [1.165, 1.54) is 6.20 Å². The number of nitrogens with one attached hydrogen (secondary N) is 1. The molecule has 3 aromatic rings. The number of aromatic nitrogens is 1. The lowest BCUT2D eigenvalue weighted by Crippen LogP contribution is -2.50. The van der Waals surface area contributed by atoms with Crippen LogP contribution in [0.15, 0.2) is 59.6 Å². The molecule has 200 valence electrons. The summed E-state index contributed by atoms with van der Waals surface area (Å²) in [4.78, 5) is 29.5. The Balaban J connectivity index is 1.70. The van der Waals surface area contributed by atoms with Crippen LogP contribution in [0.4, 0.5) is 14.9 Å². The van der Waals surface area contributed by atoms with Gasteiger partial charge in [-0.3, -0.25) is 14.1 Å². The molecule has 12 heteroatoms. The number of alkyl carbamates (subject to hydrolysis) is 1. The van der Waals surface area contributed by atoms with Crippen molar-refractivity contribution in [2.45, 2.75) is 43.7 Å². The molecule has 0 fully saturated rings. The molecule has 38 heavy (non-hydrogen) atoms. The second-order valence-electron chi connectivity index (χ2n) is 9.00. The van der Waals surface area contributed by atoms with Crippen molar-refractivity contribution in [3.63, 3.8) is 0 Å². The monoisotopic (exact) mass is 579 g/mol. The van der Waals surface area contributed by atoms with Crippen molar-refractivity contribution in [3.8, 4) is 0 Å². The fraction of sp³-hybridized carbons (Fsp3) is 0.269. The summed E-state index contributed by atoms with van der Waals surface area (Å²) in [5.74, 6) is -0.943. The first-order valence-corrected chi connectivity index (χ1v) is 13.9. The van der Waals surface area contributed by atoms with Crippen LogP contribution in [0.2, 0.25) is 10.0 Å². The van der Waals surface area contributed by atoms with Gasteiger partial charge in [0.1, 0.15) is 5.82 Å². The molecule has 0 aliphatic carbocycles.